The first-order valence-electron chi connectivity index (χ1n) is 9.82. The Labute approximate surface area is 165 Å². The number of fused-ring (bicyclic) bond motifs is 1. The summed E-state index contributed by atoms with van der Waals surface area (Å²) in [6, 6.07) is 7.98. The quantitative estimate of drug-likeness (QED) is 0.767. The lowest BCUT2D eigenvalue weighted by molar-refractivity contribution is -0.133. The van der Waals surface area contributed by atoms with E-state index in [0.717, 1.165) is 51.3 Å². The highest BCUT2D eigenvalue weighted by molar-refractivity contribution is 7.11. The van der Waals surface area contributed by atoms with Crippen molar-refractivity contribution in [2.75, 3.05) is 33.3 Å². The molecule has 1 aliphatic heterocycles. The van der Waals surface area contributed by atoms with Crippen LogP contribution in [0.25, 0.3) is 0 Å². The highest BCUT2D eigenvalue weighted by atomic mass is 32.1. The highest BCUT2D eigenvalue weighted by Gasteiger charge is 2.23. The molecule has 1 fully saturated rings. The minimum Gasteiger partial charge on any atom is -0.497 e. The van der Waals surface area contributed by atoms with Gasteiger partial charge in [-0.15, -0.1) is 11.3 Å². The highest BCUT2D eigenvalue weighted by Crippen LogP contribution is 2.28. The van der Waals surface area contributed by atoms with Gasteiger partial charge in [-0.05, 0) is 43.4 Å². The molecule has 27 heavy (non-hydrogen) atoms. The van der Waals surface area contributed by atoms with E-state index in [-0.39, 0.29) is 5.91 Å². The van der Waals surface area contributed by atoms with Crippen molar-refractivity contribution in [2.24, 2.45) is 0 Å². The molecule has 0 spiro atoms. The summed E-state index contributed by atoms with van der Waals surface area (Å²) >= 11 is 1.89. The fourth-order valence-corrected chi connectivity index (χ4v) is 5.06. The molecule has 2 aliphatic rings. The van der Waals surface area contributed by atoms with E-state index in [1.54, 1.807) is 7.11 Å². The van der Waals surface area contributed by atoms with Crippen LogP contribution < -0.4 is 4.74 Å². The zero-order valence-corrected chi connectivity index (χ0v) is 16.8. The van der Waals surface area contributed by atoms with Crippen LogP contribution in [-0.2, 0) is 30.6 Å². The number of nitrogens with zero attached hydrogens (tertiary/aromatic N) is 3. The molecule has 0 unspecified atom stereocenters. The Hall–Kier alpha value is -1.92. The Morgan fingerprint density at radius 2 is 1.93 bits per heavy atom. The number of rotatable bonds is 6. The standard InChI is InChI=1S/C21H27N3O2S/c1-26-17-8-5-16(6-9-17)7-10-21(25)24-13-11-23(12-14-24)15-20-22-18-3-2-4-19(18)27-20/h5-6,8-9H,2-4,7,10-15H2,1H3. The van der Waals surface area contributed by atoms with Crippen molar-refractivity contribution in [3.05, 3.63) is 45.4 Å². The summed E-state index contributed by atoms with van der Waals surface area (Å²) in [5.41, 5.74) is 2.52. The van der Waals surface area contributed by atoms with E-state index in [9.17, 15) is 4.79 Å². The van der Waals surface area contributed by atoms with Crippen LogP contribution in [0.3, 0.4) is 0 Å². The fourth-order valence-electron chi connectivity index (χ4n) is 3.86. The predicted octanol–water partition coefficient (Wildman–Crippen LogP) is 2.92. The van der Waals surface area contributed by atoms with Gasteiger partial charge < -0.3 is 9.64 Å². The van der Waals surface area contributed by atoms with Crippen molar-refractivity contribution in [1.29, 1.82) is 0 Å². The van der Waals surface area contributed by atoms with Gasteiger partial charge >= 0.3 is 0 Å². The van der Waals surface area contributed by atoms with Gasteiger partial charge in [-0.2, -0.15) is 0 Å². The third-order valence-electron chi connectivity index (χ3n) is 5.51. The molecular weight excluding hydrogens is 358 g/mol. The second-order valence-corrected chi connectivity index (χ2v) is 8.50. The average Bonchev–Trinajstić information content (AvgIpc) is 3.29. The number of aryl methyl sites for hydroxylation is 3. The van der Waals surface area contributed by atoms with Crippen LogP contribution in [0, 0.1) is 0 Å². The monoisotopic (exact) mass is 385 g/mol. The van der Waals surface area contributed by atoms with Crippen LogP contribution in [0.2, 0.25) is 0 Å². The smallest absolute Gasteiger partial charge is 0.222 e. The van der Waals surface area contributed by atoms with Crippen molar-refractivity contribution in [2.45, 2.75) is 38.6 Å². The van der Waals surface area contributed by atoms with Crippen molar-refractivity contribution < 1.29 is 9.53 Å². The second-order valence-electron chi connectivity index (χ2n) is 7.34. The number of methoxy groups -OCH3 is 1. The molecule has 1 aromatic carbocycles. The van der Waals surface area contributed by atoms with Crippen LogP contribution in [0.4, 0.5) is 0 Å². The van der Waals surface area contributed by atoms with E-state index in [4.69, 9.17) is 9.72 Å². The number of hydrogen-bond acceptors (Lipinski definition) is 5. The maximum Gasteiger partial charge on any atom is 0.222 e. The lowest BCUT2D eigenvalue weighted by atomic mass is 10.1. The normalized spacial score (nSPS) is 17.1. The van der Waals surface area contributed by atoms with E-state index in [0.29, 0.717) is 6.42 Å². The fraction of sp³-hybridized carbons (Fsp3) is 0.524. The molecule has 1 aromatic heterocycles. The molecule has 4 rings (SSSR count). The topological polar surface area (TPSA) is 45.7 Å². The Balaban J connectivity index is 1.21. The molecule has 1 amide bonds. The largest absolute Gasteiger partial charge is 0.497 e. The molecule has 0 saturated carbocycles. The SMILES string of the molecule is COc1ccc(CCC(=O)N2CCN(Cc3nc4c(s3)CCC4)CC2)cc1. The van der Waals surface area contributed by atoms with E-state index in [1.165, 1.54) is 34.0 Å². The molecule has 144 valence electrons. The third kappa shape index (κ3) is 4.50. The Kier molecular flexibility index (Phi) is 5.74. The first-order chi connectivity index (χ1) is 13.2. The number of hydrogen-bond donors (Lipinski definition) is 0. The molecular formula is C21H27N3O2S. The molecule has 2 aromatic rings. The molecule has 0 N–H and O–H groups in total. The second kappa shape index (κ2) is 8.40. The lowest BCUT2D eigenvalue weighted by Crippen LogP contribution is -2.48. The molecule has 1 aliphatic carbocycles. The number of aromatic nitrogens is 1. The van der Waals surface area contributed by atoms with Crippen molar-refractivity contribution in [1.82, 2.24) is 14.8 Å². The van der Waals surface area contributed by atoms with E-state index in [1.807, 2.05) is 40.5 Å². The summed E-state index contributed by atoms with van der Waals surface area (Å²) in [6.45, 7) is 4.47. The maximum atomic E-state index is 12.5. The van der Waals surface area contributed by atoms with Gasteiger partial charge in [0.05, 0.1) is 19.3 Å². The van der Waals surface area contributed by atoms with Gasteiger partial charge in [-0.3, -0.25) is 9.69 Å². The van der Waals surface area contributed by atoms with Crippen LogP contribution in [-0.4, -0.2) is 54.0 Å². The summed E-state index contributed by atoms with van der Waals surface area (Å²) in [6.07, 6.45) is 5.00. The molecule has 2 heterocycles. The van der Waals surface area contributed by atoms with E-state index in [2.05, 4.69) is 4.90 Å². The first kappa shape index (κ1) is 18.4. The van der Waals surface area contributed by atoms with Gasteiger partial charge in [-0.1, -0.05) is 12.1 Å². The minimum atomic E-state index is 0.263. The van der Waals surface area contributed by atoms with E-state index < -0.39 is 0 Å². The molecule has 0 radical (unpaired) electrons. The third-order valence-corrected chi connectivity index (χ3v) is 6.65. The lowest BCUT2D eigenvalue weighted by Gasteiger charge is -2.34. The minimum absolute atomic E-state index is 0.263. The Morgan fingerprint density at radius 3 is 2.63 bits per heavy atom. The first-order valence-corrected chi connectivity index (χ1v) is 10.6. The van der Waals surface area contributed by atoms with Crippen molar-refractivity contribution in [3.8, 4) is 5.75 Å². The van der Waals surface area contributed by atoms with Gasteiger partial charge in [0.25, 0.3) is 0 Å². The number of benzene rings is 1. The van der Waals surface area contributed by atoms with Gasteiger partial charge in [0.15, 0.2) is 0 Å². The molecule has 5 nitrogen and oxygen atoms in total. The number of ether oxygens (including phenoxy) is 1. The molecule has 1 saturated heterocycles. The molecule has 0 bridgehead atoms. The summed E-state index contributed by atoms with van der Waals surface area (Å²) in [4.78, 5) is 23.3. The van der Waals surface area contributed by atoms with Crippen LogP contribution in [0.15, 0.2) is 24.3 Å². The average molecular weight is 386 g/mol. The molecule has 0 atom stereocenters. The van der Waals surface area contributed by atoms with E-state index >= 15 is 0 Å². The van der Waals surface area contributed by atoms with Gasteiger partial charge in [0.1, 0.15) is 10.8 Å². The summed E-state index contributed by atoms with van der Waals surface area (Å²) in [5.74, 6) is 1.12. The number of carbonyl (C=O) groups excluding carboxylic acids is 1. The Morgan fingerprint density at radius 1 is 1.15 bits per heavy atom. The van der Waals surface area contributed by atoms with Crippen molar-refractivity contribution >= 4 is 17.2 Å². The number of amides is 1. The van der Waals surface area contributed by atoms with Gasteiger partial charge in [-0.25, -0.2) is 4.98 Å². The zero-order chi connectivity index (χ0) is 18.6. The van der Waals surface area contributed by atoms with Crippen LogP contribution in [0.5, 0.6) is 5.75 Å². The van der Waals surface area contributed by atoms with Crippen LogP contribution in [0.1, 0.15) is 34.0 Å². The van der Waals surface area contributed by atoms with Gasteiger partial charge in [0.2, 0.25) is 5.91 Å². The summed E-state index contributed by atoms with van der Waals surface area (Å²) in [5, 5.41) is 1.25. The van der Waals surface area contributed by atoms with Crippen LogP contribution >= 0.6 is 11.3 Å². The summed E-state index contributed by atoms with van der Waals surface area (Å²) in [7, 11) is 1.67. The zero-order valence-electron chi connectivity index (χ0n) is 15.9. The number of carbonyl (C=O) groups is 1. The van der Waals surface area contributed by atoms with Gasteiger partial charge in [0, 0.05) is 37.5 Å². The number of thiazole rings is 1. The summed E-state index contributed by atoms with van der Waals surface area (Å²) < 4.78 is 5.18. The maximum absolute atomic E-state index is 12.5. The number of piperazine rings is 1. The Bertz CT molecular complexity index is 758. The van der Waals surface area contributed by atoms with Crippen molar-refractivity contribution in [3.63, 3.8) is 0 Å². The molecule has 6 heteroatoms. The predicted molar refractivity (Wildman–Crippen MR) is 107 cm³/mol.